The molecule has 0 amide bonds. The molecule has 4 saturated carbocycles. The molecular weight excluding hydrogens is 456 g/mol. The largest absolute Gasteiger partial charge is 0.461 e. The quantitative estimate of drug-likeness (QED) is 0.458. The lowest BCUT2D eigenvalue weighted by Crippen LogP contribution is -2.34. The number of Topliss-reactive ketones (excluding diaryl/α,β-unsaturated/α-hetero) is 1. The van der Waals surface area contributed by atoms with Gasteiger partial charge in [0.25, 0.3) is 0 Å². The van der Waals surface area contributed by atoms with E-state index in [4.69, 9.17) is 9.47 Å². The van der Waals surface area contributed by atoms with Gasteiger partial charge in [0.15, 0.2) is 0 Å². The topological polar surface area (TPSA) is 89.9 Å². The van der Waals surface area contributed by atoms with Crippen molar-refractivity contribution in [1.29, 1.82) is 0 Å². The number of ether oxygens (including phenoxy) is 2. The molecule has 2 saturated heterocycles. The molecule has 0 bridgehead atoms. The van der Waals surface area contributed by atoms with Crippen LogP contribution in [0.15, 0.2) is 36.0 Å². The fourth-order valence-electron chi connectivity index (χ4n) is 8.69. The third-order valence-corrected chi connectivity index (χ3v) is 10.8. The van der Waals surface area contributed by atoms with Crippen molar-refractivity contribution in [3.63, 3.8) is 0 Å². The molecule has 6 rings (SSSR count). The first kappa shape index (κ1) is 24.1. The molecule has 0 aromatic rings. The van der Waals surface area contributed by atoms with E-state index in [2.05, 4.69) is 19.2 Å². The molecule has 0 unspecified atom stereocenters. The summed E-state index contributed by atoms with van der Waals surface area (Å²) < 4.78 is 11.8. The van der Waals surface area contributed by atoms with Gasteiger partial charge >= 0.3 is 11.9 Å². The zero-order valence-electron chi connectivity index (χ0n) is 21.4. The fraction of sp³-hybridized carbons (Fsp3) is 0.700. The Hall–Kier alpha value is -2.21. The van der Waals surface area contributed by atoms with Crippen LogP contribution < -0.4 is 0 Å². The highest BCUT2D eigenvalue weighted by Gasteiger charge is 2.57. The number of ketones is 1. The second-order valence-corrected chi connectivity index (χ2v) is 12.4. The summed E-state index contributed by atoms with van der Waals surface area (Å²) in [6.07, 6.45) is 6.24. The summed E-state index contributed by atoms with van der Waals surface area (Å²) in [5, 5.41) is 10.8. The molecule has 0 spiro atoms. The number of aliphatic hydroxyl groups is 1. The number of hydrogen-bond acceptors (Lipinski definition) is 6. The second kappa shape index (κ2) is 8.68. The second-order valence-electron chi connectivity index (χ2n) is 12.4. The van der Waals surface area contributed by atoms with Gasteiger partial charge < -0.3 is 14.6 Å². The van der Waals surface area contributed by atoms with Gasteiger partial charge in [-0.3, -0.25) is 14.4 Å². The SMILES string of the molecule is C=C1CC[C@H]2[C@@H](OC(=O)[C@@H]2C)[C@H]2[C@@H]1CC(=O)[C@@H]2C/C=C1\CC[C@H]2C(=C)[C@H](O)C[C@@H]3[C@H](OC(=O)[C@H]3C)[C@@H]12. The van der Waals surface area contributed by atoms with E-state index in [9.17, 15) is 19.5 Å². The van der Waals surface area contributed by atoms with Gasteiger partial charge in [0.1, 0.15) is 18.0 Å². The summed E-state index contributed by atoms with van der Waals surface area (Å²) in [6, 6.07) is 0. The van der Waals surface area contributed by atoms with E-state index in [0.717, 1.165) is 36.8 Å². The summed E-state index contributed by atoms with van der Waals surface area (Å²) in [6.45, 7) is 12.4. The Morgan fingerprint density at radius 3 is 2.39 bits per heavy atom. The molecule has 194 valence electrons. The lowest BCUT2D eigenvalue weighted by atomic mass is 9.76. The first-order chi connectivity index (χ1) is 17.2. The molecule has 1 N–H and O–H groups in total. The van der Waals surface area contributed by atoms with Crippen LogP contribution in [0, 0.1) is 53.3 Å². The maximum Gasteiger partial charge on any atom is 0.309 e. The summed E-state index contributed by atoms with van der Waals surface area (Å²) in [4.78, 5) is 38.3. The van der Waals surface area contributed by atoms with Crippen molar-refractivity contribution in [2.45, 2.75) is 77.1 Å². The molecule has 2 heterocycles. The van der Waals surface area contributed by atoms with Gasteiger partial charge in [-0.25, -0.2) is 0 Å². The molecule has 6 aliphatic rings. The van der Waals surface area contributed by atoms with Gasteiger partial charge in [0.2, 0.25) is 0 Å². The molecule has 36 heavy (non-hydrogen) atoms. The Bertz CT molecular complexity index is 1060. The molecule has 6 nitrogen and oxygen atoms in total. The number of allylic oxidation sites excluding steroid dienone is 2. The van der Waals surface area contributed by atoms with E-state index in [1.807, 2.05) is 13.8 Å². The molecule has 0 radical (unpaired) electrons. The normalized spacial score (nSPS) is 49.2. The first-order valence-electron chi connectivity index (χ1n) is 13.8. The Morgan fingerprint density at radius 1 is 0.944 bits per heavy atom. The number of carbonyl (C=O) groups is 3. The third kappa shape index (κ3) is 3.50. The Kier molecular flexibility index (Phi) is 5.82. The van der Waals surface area contributed by atoms with E-state index >= 15 is 0 Å². The van der Waals surface area contributed by atoms with Gasteiger partial charge in [-0.2, -0.15) is 0 Å². The number of fused-ring (bicyclic) bond motifs is 6. The highest BCUT2D eigenvalue weighted by Crippen LogP contribution is 2.55. The molecule has 2 aliphatic heterocycles. The summed E-state index contributed by atoms with van der Waals surface area (Å²) in [5.74, 6) is -0.329. The zero-order valence-corrected chi connectivity index (χ0v) is 21.4. The third-order valence-electron chi connectivity index (χ3n) is 10.8. The van der Waals surface area contributed by atoms with Gasteiger partial charge in [0, 0.05) is 36.0 Å². The minimum atomic E-state index is -0.617. The minimum Gasteiger partial charge on any atom is -0.461 e. The van der Waals surface area contributed by atoms with Gasteiger partial charge in [-0.1, -0.05) is 44.2 Å². The number of aliphatic hydroxyl groups excluding tert-OH is 1. The lowest BCUT2D eigenvalue weighted by Gasteiger charge is -2.30. The molecule has 12 atom stereocenters. The van der Waals surface area contributed by atoms with E-state index in [1.165, 1.54) is 5.57 Å². The van der Waals surface area contributed by atoms with Crippen molar-refractivity contribution in [2.24, 2.45) is 53.3 Å². The predicted octanol–water partition coefficient (Wildman–Crippen LogP) is 4.18. The first-order valence-corrected chi connectivity index (χ1v) is 13.8. The molecular formula is C30H38O6. The van der Waals surface area contributed by atoms with Crippen LogP contribution in [-0.4, -0.2) is 41.1 Å². The van der Waals surface area contributed by atoms with Crippen LogP contribution in [0.1, 0.15) is 58.8 Å². The summed E-state index contributed by atoms with van der Waals surface area (Å²) in [5.41, 5.74) is 3.21. The Morgan fingerprint density at radius 2 is 1.64 bits per heavy atom. The van der Waals surface area contributed by atoms with Crippen molar-refractivity contribution in [3.8, 4) is 0 Å². The fourth-order valence-corrected chi connectivity index (χ4v) is 8.69. The van der Waals surface area contributed by atoms with Crippen LogP contribution in [0.4, 0.5) is 0 Å². The number of rotatable bonds is 2. The minimum absolute atomic E-state index is 0.0107. The monoisotopic (exact) mass is 494 g/mol. The predicted molar refractivity (Wildman–Crippen MR) is 132 cm³/mol. The molecule has 0 aromatic carbocycles. The van der Waals surface area contributed by atoms with Gasteiger partial charge in [-0.05, 0) is 55.9 Å². The van der Waals surface area contributed by atoms with Crippen molar-refractivity contribution >= 4 is 17.7 Å². The Labute approximate surface area is 213 Å². The van der Waals surface area contributed by atoms with Crippen molar-refractivity contribution in [1.82, 2.24) is 0 Å². The van der Waals surface area contributed by atoms with Crippen LogP contribution in [-0.2, 0) is 23.9 Å². The van der Waals surface area contributed by atoms with Crippen molar-refractivity contribution in [2.75, 3.05) is 0 Å². The van der Waals surface area contributed by atoms with Crippen LogP contribution >= 0.6 is 0 Å². The zero-order chi connectivity index (χ0) is 25.5. The standard InChI is InChI=1S/C30H38O6/c1-13-5-8-19-15(3)29(33)35-27(19)26-20(24(32)11-21(13)26)10-7-17-6-9-18-14(2)23(31)12-22-16(4)30(34)36-28(22)25(17)18/h7,15-16,18-23,25-28,31H,1-2,5-6,8-12H2,3-4H3/b17-7+/t15-,16+,18+,19-,20+,21-,22+,23-,25+,26-,27-,28+/m1/s1. The molecule has 6 heteroatoms. The molecule has 0 aromatic heterocycles. The van der Waals surface area contributed by atoms with E-state index in [0.29, 0.717) is 19.3 Å². The van der Waals surface area contributed by atoms with Crippen molar-refractivity contribution < 1.29 is 29.0 Å². The maximum atomic E-state index is 13.3. The molecule has 6 fully saturated rings. The molecule has 4 aliphatic carbocycles. The average molecular weight is 495 g/mol. The maximum absolute atomic E-state index is 13.3. The van der Waals surface area contributed by atoms with E-state index in [1.54, 1.807) is 0 Å². The highest BCUT2D eigenvalue weighted by atomic mass is 16.6. The number of esters is 2. The van der Waals surface area contributed by atoms with Gasteiger partial charge in [0.05, 0.1) is 17.9 Å². The average Bonchev–Trinajstić information content (AvgIpc) is 3.52. The smallest absolute Gasteiger partial charge is 0.309 e. The highest BCUT2D eigenvalue weighted by molar-refractivity contribution is 5.85. The van der Waals surface area contributed by atoms with Crippen LogP contribution in [0.3, 0.4) is 0 Å². The van der Waals surface area contributed by atoms with Crippen LogP contribution in [0.5, 0.6) is 0 Å². The van der Waals surface area contributed by atoms with Crippen molar-refractivity contribution in [3.05, 3.63) is 36.0 Å². The summed E-state index contributed by atoms with van der Waals surface area (Å²) >= 11 is 0. The number of hydrogen-bond donors (Lipinski definition) is 1. The number of carbonyl (C=O) groups excluding carboxylic acids is 3. The van der Waals surface area contributed by atoms with E-state index in [-0.39, 0.29) is 83.2 Å². The lowest BCUT2D eigenvalue weighted by molar-refractivity contribution is -0.147. The van der Waals surface area contributed by atoms with E-state index < -0.39 is 6.10 Å². The summed E-state index contributed by atoms with van der Waals surface area (Å²) in [7, 11) is 0. The van der Waals surface area contributed by atoms with Crippen LogP contribution in [0.2, 0.25) is 0 Å². The van der Waals surface area contributed by atoms with Crippen LogP contribution in [0.25, 0.3) is 0 Å². The Balaban J connectivity index is 1.30. The van der Waals surface area contributed by atoms with Gasteiger partial charge in [-0.15, -0.1) is 0 Å².